The number of methoxy groups -OCH3 is 1. The zero-order valence-electron chi connectivity index (χ0n) is 13.6. The fraction of sp³-hybridized carbons (Fsp3) is 0.625. The predicted molar refractivity (Wildman–Crippen MR) is 87.3 cm³/mol. The van der Waals surface area contributed by atoms with Gasteiger partial charge in [-0.15, -0.1) is 0 Å². The Morgan fingerprint density at radius 2 is 1.90 bits per heavy atom. The summed E-state index contributed by atoms with van der Waals surface area (Å²) < 4.78 is 29.9. The highest BCUT2D eigenvalue weighted by Gasteiger charge is 2.21. The minimum absolute atomic E-state index is 0.0285. The van der Waals surface area contributed by atoms with Gasteiger partial charge in [0.2, 0.25) is 0 Å². The molecule has 1 N–H and O–H groups in total. The quantitative estimate of drug-likeness (QED) is 0.802. The second-order valence-corrected chi connectivity index (χ2v) is 8.13. The van der Waals surface area contributed by atoms with Gasteiger partial charge in [0, 0.05) is 18.2 Å². The number of benzene rings is 1. The number of sulfone groups is 1. The number of rotatable bonds is 8. The summed E-state index contributed by atoms with van der Waals surface area (Å²) in [6.07, 6.45) is 0.624. The van der Waals surface area contributed by atoms with Crippen LogP contribution in [0.25, 0.3) is 0 Å². The molecule has 0 aromatic heterocycles. The smallest absolute Gasteiger partial charge is 0.157 e. The van der Waals surface area contributed by atoms with Crippen LogP contribution < -0.4 is 10.1 Å². The minimum Gasteiger partial charge on any atom is -0.496 e. The topological polar surface area (TPSA) is 55.4 Å². The van der Waals surface area contributed by atoms with E-state index in [1.54, 1.807) is 14.0 Å². The third-order valence-corrected chi connectivity index (χ3v) is 5.88. The lowest BCUT2D eigenvalue weighted by Crippen LogP contribution is -2.22. The highest BCUT2D eigenvalue weighted by atomic mass is 32.2. The molecule has 0 amide bonds. The first-order valence-corrected chi connectivity index (χ1v) is 9.12. The molecule has 0 bridgehead atoms. The average molecular weight is 313 g/mol. The predicted octanol–water partition coefficient (Wildman–Crippen LogP) is 2.91. The third-order valence-electron chi connectivity index (χ3n) is 3.60. The molecule has 5 heteroatoms. The molecule has 0 heterocycles. The lowest BCUT2D eigenvalue weighted by Gasteiger charge is -2.15. The number of hydrogen-bond acceptors (Lipinski definition) is 4. The van der Waals surface area contributed by atoms with Crippen molar-refractivity contribution in [2.75, 3.05) is 7.11 Å². The highest BCUT2D eigenvalue weighted by molar-refractivity contribution is 7.91. The number of hydrogen-bond donors (Lipinski definition) is 1. The summed E-state index contributed by atoms with van der Waals surface area (Å²) in [5.41, 5.74) is 1.81. The summed E-state index contributed by atoms with van der Waals surface area (Å²) in [5.74, 6) is 0.663. The zero-order chi connectivity index (χ0) is 16.0. The first kappa shape index (κ1) is 18.0. The Morgan fingerprint density at radius 1 is 1.24 bits per heavy atom. The first-order valence-electron chi connectivity index (χ1n) is 7.40. The maximum absolute atomic E-state index is 12.3. The fourth-order valence-corrected chi connectivity index (χ4v) is 3.44. The first-order chi connectivity index (χ1) is 9.80. The van der Waals surface area contributed by atoms with Gasteiger partial charge in [-0.1, -0.05) is 26.8 Å². The monoisotopic (exact) mass is 313 g/mol. The van der Waals surface area contributed by atoms with Gasteiger partial charge < -0.3 is 10.1 Å². The molecule has 21 heavy (non-hydrogen) atoms. The third kappa shape index (κ3) is 5.32. The van der Waals surface area contributed by atoms with E-state index in [1.807, 2.05) is 25.1 Å². The Labute approximate surface area is 128 Å². The van der Waals surface area contributed by atoms with E-state index in [4.69, 9.17) is 4.74 Å². The van der Waals surface area contributed by atoms with Crippen LogP contribution >= 0.6 is 0 Å². The Bertz CT molecular complexity index is 553. The SMILES string of the molecule is CCC(C)S(=O)(=O)Cc1cc(CNC(C)C)ccc1OC. The Morgan fingerprint density at radius 3 is 2.43 bits per heavy atom. The summed E-state index contributed by atoms with van der Waals surface area (Å²) in [6.45, 7) is 8.53. The van der Waals surface area contributed by atoms with Gasteiger partial charge in [-0.2, -0.15) is 0 Å². The molecule has 0 radical (unpaired) electrons. The maximum atomic E-state index is 12.3. The van der Waals surface area contributed by atoms with Gasteiger partial charge in [0.15, 0.2) is 9.84 Å². The average Bonchev–Trinajstić information content (AvgIpc) is 2.43. The Hall–Kier alpha value is -1.07. The van der Waals surface area contributed by atoms with Gasteiger partial charge in [-0.3, -0.25) is 0 Å². The van der Waals surface area contributed by atoms with E-state index >= 15 is 0 Å². The molecular formula is C16H27NO3S. The lowest BCUT2D eigenvalue weighted by atomic mass is 10.1. The van der Waals surface area contributed by atoms with Crippen LogP contribution in [0.2, 0.25) is 0 Å². The summed E-state index contributed by atoms with van der Waals surface area (Å²) in [6, 6.07) is 6.12. The van der Waals surface area contributed by atoms with E-state index in [2.05, 4.69) is 19.2 Å². The lowest BCUT2D eigenvalue weighted by molar-refractivity contribution is 0.410. The molecule has 0 aliphatic carbocycles. The molecule has 120 valence electrons. The van der Waals surface area contributed by atoms with Crippen LogP contribution in [0, 0.1) is 0 Å². The van der Waals surface area contributed by atoms with Gasteiger partial charge in [-0.05, 0) is 31.0 Å². The van der Waals surface area contributed by atoms with Crippen molar-refractivity contribution in [1.82, 2.24) is 5.32 Å². The molecule has 1 unspecified atom stereocenters. The van der Waals surface area contributed by atoms with E-state index in [-0.39, 0.29) is 11.0 Å². The van der Waals surface area contributed by atoms with Crippen molar-refractivity contribution in [3.8, 4) is 5.75 Å². The zero-order valence-corrected chi connectivity index (χ0v) is 14.5. The molecule has 0 saturated heterocycles. The standard InChI is InChI=1S/C16H27NO3S/c1-6-13(4)21(18,19)11-15-9-14(10-17-12(2)3)7-8-16(15)20-5/h7-9,12-13,17H,6,10-11H2,1-5H3. The summed E-state index contributed by atoms with van der Waals surface area (Å²) in [7, 11) is -1.57. The maximum Gasteiger partial charge on any atom is 0.157 e. The second-order valence-electron chi connectivity index (χ2n) is 5.71. The molecule has 0 aliphatic heterocycles. The number of nitrogens with one attached hydrogen (secondary N) is 1. The van der Waals surface area contributed by atoms with Crippen LogP contribution in [0.1, 0.15) is 45.2 Å². The molecule has 1 atom stereocenters. The minimum atomic E-state index is -3.14. The van der Waals surface area contributed by atoms with Crippen molar-refractivity contribution in [1.29, 1.82) is 0 Å². The van der Waals surface area contributed by atoms with E-state index < -0.39 is 9.84 Å². The van der Waals surface area contributed by atoms with Crippen molar-refractivity contribution < 1.29 is 13.2 Å². The van der Waals surface area contributed by atoms with Crippen molar-refractivity contribution in [2.24, 2.45) is 0 Å². The molecule has 0 saturated carbocycles. The van der Waals surface area contributed by atoms with E-state index in [0.717, 1.165) is 17.7 Å². The van der Waals surface area contributed by atoms with Crippen LogP contribution in [0.15, 0.2) is 18.2 Å². The van der Waals surface area contributed by atoms with Gasteiger partial charge in [-0.25, -0.2) is 8.42 Å². The Kier molecular flexibility index (Phi) is 6.68. The van der Waals surface area contributed by atoms with Gasteiger partial charge in [0.1, 0.15) is 5.75 Å². The molecule has 0 aliphatic rings. The van der Waals surface area contributed by atoms with E-state index in [1.165, 1.54) is 0 Å². The molecule has 0 spiro atoms. The second kappa shape index (κ2) is 7.80. The van der Waals surface area contributed by atoms with Crippen LogP contribution in [-0.2, 0) is 22.1 Å². The fourth-order valence-electron chi connectivity index (χ4n) is 1.99. The molecule has 0 fully saturated rings. The normalized spacial score (nSPS) is 13.4. The van der Waals surface area contributed by atoms with Crippen LogP contribution in [0.3, 0.4) is 0 Å². The summed E-state index contributed by atoms with van der Waals surface area (Å²) >= 11 is 0. The van der Waals surface area contributed by atoms with Gasteiger partial charge >= 0.3 is 0 Å². The van der Waals surface area contributed by atoms with Crippen molar-refractivity contribution in [2.45, 2.75) is 57.7 Å². The number of ether oxygens (including phenoxy) is 1. The summed E-state index contributed by atoms with van der Waals surface area (Å²) in [4.78, 5) is 0. The van der Waals surface area contributed by atoms with Crippen LogP contribution in [-0.4, -0.2) is 26.8 Å². The van der Waals surface area contributed by atoms with Crippen LogP contribution in [0.5, 0.6) is 5.75 Å². The molecule has 1 aromatic rings. The summed E-state index contributed by atoms with van der Waals surface area (Å²) in [5, 5.41) is 3.00. The van der Waals surface area contributed by atoms with Crippen molar-refractivity contribution in [3.05, 3.63) is 29.3 Å². The van der Waals surface area contributed by atoms with Gasteiger partial charge in [0.25, 0.3) is 0 Å². The molecule has 1 rings (SSSR count). The largest absolute Gasteiger partial charge is 0.496 e. The Balaban J connectivity index is 3.00. The van der Waals surface area contributed by atoms with E-state index in [0.29, 0.717) is 18.2 Å². The van der Waals surface area contributed by atoms with Crippen molar-refractivity contribution in [3.63, 3.8) is 0 Å². The molecular weight excluding hydrogens is 286 g/mol. The van der Waals surface area contributed by atoms with Crippen molar-refractivity contribution >= 4 is 9.84 Å². The highest BCUT2D eigenvalue weighted by Crippen LogP contribution is 2.24. The van der Waals surface area contributed by atoms with E-state index in [9.17, 15) is 8.42 Å². The molecule has 4 nitrogen and oxygen atoms in total. The van der Waals surface area contributed by atoms with Crippen LogP contribution in [0.4, 0.5) is 0 Å². The molecule has 1 aromatic carbocycles. The van der Waals surface area contributed by atoms with Gasteiger partial charge in [0.05, 0.1) is 18.1 Å².